The van der Waals surface area contributed by atoms with Crippen LogP contribution in [0.15, 0.2) is 41.1 Å². The second-order valence-corrected chi connectivity index (χ2v) is 5.81. The van der Waals surface area contributed by atoms with E-state index in [4.69, 9.17) is 11.6 Å². The predicted octanol–water partition coefficient (Wildman–Crippen LogP) is 4.73. The van der Waals surface area contributed by atoms with Crippen molar-refractivity contribution in [2.45, 2.75) is 19.4 Å². The Morgan fingerprint density at radius 3 is 2.80 bits per heavy atom. The van der Waals surface area contributed by atoms with Crippen LogP contribution in [0.4, 0.5) is 4.39 Å². The molecule has 0 aliphatic carbocycles. The number of hydrogen-bond donors (Lipinski definition) is 1. The molecule has 5 heteroatoms. The summed E-state index contributed by atoms with van der Waals surface area (Å²) in [6, 6.07) is 7.01. The van der Waals surface area contributed by atoms with E-state index in [1.807, 2.05) is 18.2 Å². The van der Waals surface area contributed by atoms with Gasteiger partial charge in [0, 0.05) is 15.7 Å². The van der Waals surface area contributed by atoms with Gasteiger partial charge in [-0.25, -0.2) is 4.39 Å². The first-order valence-corrected chi connectivity index (χ1v) is 7.57. The van der Waals surface area contributed by atoms with Crippen molar-refractivity contribution in [2.24, 2.45) is 0 Å². The number of rotatable bonds is 5. The molecule has 0 spiro atoms. The van der Waals surface area contributed by atoms with Crippen LogP contribution in [0, 0.1) is 5.82 Å². The Morgan fingerprint density at radius 1 is 1.35 bits per heavy atom. The minimum atomic E-state index is -0.348. The summed E-state index contributed by atoms with van der Waals surface area (Å²) in [4.78, 5) is 3.92. The van der Waals surface area contributed by atoms with Crippen molar-refractivity contribution < 1.29 is 4.39 Å². The fourth-order valence-corrected chi connectivity index (χ4v) is 2.80. The molecule has 1 aromatic heterocycles. The highest BCUT2D eigenvalue weighted by molar-refractivity contribution is 9.10. The van der Waals surface area contributed by atoms with Crippen LogP contribution < -0.4 is 5.32 Å². The lowest BCUT2D eigenvalue weighted by Crippen LogP contribution is -2.23. The molecule has 1 aromatic carbocycles. The highest BCUT2D eigenvalue weighted by Gasteiger charge is 2.17. The summed E-state index contributed by atoms with van der Waals surface area (Å²) in [5, 5.41) is 4.02. The largest absolute Gasteiger partial charge is 0.306 e. The zero-order valence-corrected chi connectivity index (χ0v) is 13.4. The van der Waals surface area contributed by atoms with Gasteiger partial charge in [-0.1, -0.05) is 40.5 Å². The summed E-state index contributed by atoms with van der Waals surface area (Å²) in [5.74, 6) is -0.348. The molecule has 1 heterocycles. The Bertz CT molecular complexity index is 592. The molecule has 20 heavy (non-hydrogen) atoms. The first kappa shape index (κ1) is 15.4. The fourth-order valence-electron chi connectivity index (χ4n) is 2.02. The maximum absolute atomic E-state index is 13.4. The lowest BCUT2D eigenvalue weighted by molar-refractivity contribution is 0.580. The van der Waals surface area contributed by atoms with Gasteiger partial charge in [0.2, 0.25) is 0 Å². The Hall–Kier alpha value is -0.970. The van der Waals surface area contributed by atoms with E-state index in [9.17, 15) is 4.39 Å². The van der Waals surface area contributed by atoms with E-state index in [1.165, 1.54) is 12.3 Å². The maximum atomic E-state index is 13.4. The molecule has 106 valence electrons. The van der Waals surface area contributed by atoms with Crippen LogP contribution in [0.2, 0.25) is 5.02 Å². The van der Waals surface area contributed by atoms with Crippen LogP contribution in [0.5, 0.6) is 0 Å². The van der Waals surface area contributed by atoms with Crippen molar-refractivity contribution in [2.75, 3.05) is 6.54 Å². The van der Waals surface area contributed by atoms with Gasteiger partial charge in [0.1, 0.15) is 5.82 Å². The summed E-state index contributed by atoms with van der Waals surface area (Å²) in [7, 11) is 0. The molecule has 1 atom stereocenters. The molecule has 1 unspecified atom stereocenters. The number of halogens is 3. The van der Waals surface area contributed by atoms with Crippen molar-refractivity contribution in [3.8, 4) is 0 Å². The minimum absolute atomic E-state index is 0.168. The molecule has 0 amide bonds. The first-order chi connectivity index (χ1) is 9.61. The molecule has 0 saturated carbocycles. The Labute approximate surface area is 131 Å². The van der Waals surface area contributed by atoms with Crippen LogP contribution in [0.1, 0.15) is 30.5 Å². The van der Waals surface area contributed by atoms with Crippen LogP contribution in [-0.4, -0.2) is 11.5 Å². The molecule has 2 nitrogen and oxygen atoms in total. The zero-order chi connectivity index (χ0) is 14.5. The van der Waals surface area contributed by atoms with Crippen molar-refractivity contribution in [1.82, 2.24) is 10.3 Å². The minimum Gasteiger partial charge on any atom is -0.306 e. The third-order valence-electron chi connectivity index (χ3n) is 2.93. The molecule has 0 fully saturated rings. The van der Waals surface area contributed by atoms with Crippen LogP contribution >= 0.6 is 27.5 Å². The smallest absolute Gasteiger partial charge is 0.141 e. The maximum Gasteiger partial charge on any atom is 0.141 e. The molecule has 2 rings (SSSR count). The monoisotopic (exact) mass is 356 g/mol. The number of nitrogens with zero attached hydrogens (tertiary/aromatic N) is 1. The normalized spacial score (nSPS) is 12.4. The van der Waals surface area contributed by atoms with Crippen LogP contribution in [0.3, 0.4) is 0 Å². The van der Waals surface area contributed by atoms with E-state index in [2.05, 4.69) is 33.2 Å². The van der Waals surface area contributed by atoms with Gasteiger partial charge < -0.3 is 5.32 Å². The van der Waals surface area contributed by atoms with Crippen LogP contribution in [-0.2, 0) is 0 Å². The van der Waals surface area contributed by atoms with Gasteiger partial charge in [-0.3, -0.25) is 4.98 Å². The number of benzene rings is 1. The van der Waals surface area contributed by atoms with Crippen molar-refractivity contribution in [3.63, 3.8) is 0 Å². The number of aromatic nitrogens is 1. The van der Waals surface area contributed by atoms with Gasteiger partial charge >= 0.3 is 0 Å². The molecule has 0 bridgehead atoms. The molecule has 1 N–H and O–H groups in total. The summed E-state index contributed by atoms with van der Waals surface area (Å²) >= 11 is 9.70. The molecule has 0 aliphatic rings. The SMILES string of the molecule is CCCNC(c1cncc(F)c1)c1ccc(Br)cc1Cl. The third-order valence-corrected chi connectivity index (χ3v) is 3.75. The van der Waals surface area contributed by atoms with Crippen LogP contribution in [0.25, 0.3) is 0 Å². The highest BCUT2D eigenvalue weighted by atomic mass is 79.9. The van der Waals surface area contributed by atoms with Gasteiger partial charge in [-0.2, -0.15) is 0 Å². The molecule has 0 saturated heterocycles. The van der Waals surface area contributed by atoms with Crippen molar-refractivity contribution in [1.29, 1.82) is 0 Å². The summed E-state index contributed by atoms with van der Waals surface area (Å²) in [6.45, 7) is 2.89. The number of pyridine rings is 1. The highest BCUT2D eigenvalue weighted by Crippen LogP contribution is 2.30. The van der Waals surface area contributed by atoms with Gasteiger partial charge in [0.15, 0.2) is 0 Å². The Balaban J connectivity index is 2.41. The second kappa shape index (κ2) is 7.16. The fraction of sp³-hybridized carbons (Fsp3) is 0.267. The molecular weight excluding hydrogens is 343 g/mol. The summed E-state index contributed by atoms with van der Waals surface area (Å²) in [6.07, 6.45) is 3.84. The summed E-state index contributed by atoms with van der Waals surface area (Å²) < 4.78 is 14.3. The van der Waals surface area contributed by atoms with E-state index >= 15 is 0 Å². The van der Waals surface area contributed by atoms with E-state index in [-0.39, 0.29) is 11.9 Å². The average molecular weight is 358 g/mol. The van der Waals surface area contributed by atoms with Gasteiger partial charge in [-0.15, -0.1) is 0 Å². The number of nitrogens with one attached hydrogen (secondary N) is 1. The third kappa shape index (κ3) is 3.78. The first-order valence-electron chi connectivity index (χ1n) is 6.40. The molecule has 0 aliphatic heterocycles. The standard InChI is InChI=1S/C15H15BrClFN2/c1-2-5-20-15(10-6-12(18)9-19-8-10)13-4-3-11(16)7-14(13)17/h3-4,6-9,15,20H,2,5H2,1H3. The van der Waals surface area contributed by atoms with E-state index in [0.29, 0.717) is 5.02 Å². The summed E-state index contributed by atoms with van der Waals surface area (Å²) in [5.41, 5.74) is 1.68. The van der Waals surface area contributed by atoms with Gasteiger partial charge in [0.05, 0.1) is 12.2 Å². The Kier molecular flexibility index (Phi) is 5.52. The molecule has 2 aromatic rings. The zero-order valence-electron chi connectivity index (χ0n) is 11.0. The molecule has 0 radical (unpaired) electrons. The lowest BCUT2D eigenvalue weighted by Gasteiger charge is -2.20. The van der Waals surface area contributed by atoms with Gasteiger partial charge in [-0.05, 0) is 42.3 Å². The van der Waals surface area contributed by atoms with Crippen molar-refractivity contribution >= 4 is 27.5 Å². The van der Waals surface area contributed by atoms with E-state index < -0.39 is 0 Å². The second-order valence-electron chi connectivity index (χ2n) is 4.49. The number of hydrogen-bond acceptors (Lipinski definition) is 2. The van der Waals surface area contributed by atoms with E-state index in [1.54, 1.807) is 6.20 Å². The quantitative estimate of drug-likeness (QED) is 0.837. The average Bonchev–Trinajstić information content (AvgIpc) is 2.41. The topological polar surface area (TPSA) is 24.9 Å². The Morgan fingerprint density at radius 2 is 2.15 bits per heavy atom. The predicted molar refractivity (Wildman–Crippen MR) is 83.5 cm³/mol. The lowest BCUT2D eigenvalue weighted by atomic mass is 10.00. The van der Waals surface area contributed by atoms with E-state index in [0.717, 1.165) is 28.6 Å². The van der Waals surface area contributed by atoms with Crippen molar-refractivity contribution in [3.05, 3.63) is 63.1 Å². The van der Waals surface area contributed by atoms with Gasteiger partial charge in [0.25, 0.3) is 0 Å². The molecular formula is C15H15BrClFN2.